The Bertz CT molecular complexity index is 1870. The first-order valence-electron chi connectivity index (χ1n) is 16.7. The number of carbonyl (C=O) groups excluding carboxylic acids is 2. The quantitative estimate of drug-likeness (QED) is 0.125. The van der Waals surface area contributed by atoms with E-state index in [1.54, 1.807) is 36.4 Å². The molecule has 2 bridgehead atoms. The molecule has 14 heteroatoms. The standard InChI is InChI=1S/C38H36Cl2F3N3O6/c1-49-34-17-25(9-10-33(34)51-37(42)43)27(16-28-29(39)18-44-19-30(28)40)22-50-36(47)26-6-4-5-23(15-26)20-46(32-8-3-2-7-31(32)41)38(48)52-35-21-45-13-11-24(35)12-14-45/h2-10,15,17-19,24,27,35,37H,11-14,16,20-22H2,1H3/t27-,35+/m1/s1. The van der Waals surface area contributed by atoms with Gasteiger partial charge in [-0.2, -0.15) is 8.78 Å². The zero-order valence-electron chi connectivity index (χ0n) is 28.2. The van der Waals surface area contributed by atoms with Crippen molar-refractivity contribution in [2.24, 2.45) is 5.92 Å². The number of methoxy groups -OCH3 is 1. The molecule has 3 aliphatic rings. The van der Waals surface area contributed by atoms with Gasteiger partial charge in [-0.15, -0.1) is 0 Å². The summed E-state index contributed by atoms with van der Waals surface area (Å²) in [5, 5.41) is 0.597. The number of alkyl halides is 2. The van der Waals surface area contributed by atoms with Gasteiger partial charge < -0.3 is 18.9 Å². The minimum atomic E-state index is -3.06. The van der Waals surface area contributed by atoms with E-state index in [-0.39, 0.29) is 54.3 Å². The SMILES string of the molecule is COc1cc([C@@H](COC(=O)c2cccc(CN(C(=O)O[C@H]3CN4CCC3CC4)c3ccccc3F)c2)Cc2c(Cl)cncc2Cl)ccc1OC(F)F. The second-order valence-electron chi connectivity index (χ2n) is 12.7. The molecule has 1 amide bonds. The van der Waals surface area contributed by atoms with Crippen LogP contribution in [0.2, 0.25) is 10.0 Å². The second kappa shape index (κ2) is 16.9. The highest BCUT2D eigenvalue weighted by Gasteiger charge is 2.38. The van der Waals surface area contributed by atoms with Crippen LogP contribution in [-0.4, -0.2) is 68.0 Å². The molecule has 0 saturated carbocycles. The van der Waals surface area contributed by atoms with Crippen LogP contribution in [0.1, 0.15) is 45.8 Å². The van der Waals surface area contributed by atoms with E-state index in [1.807, 2.05) is 0 Å². The third kappa shape index (κ3) is 8.91. The number of nitrogens with zero attached hydrogens (tertiary/aromatic N) is 3. The lowest BCUT2D eigenvalue weighted by Crippen LogP contribution is -2.53. The molecule has 3 saturated heterocycles. The van der Waals surface area contributed by atoms with Gasteiger partial charge in [0.05, 0.1) is 41.6 Å². The maximum atomic E-state index is 15.1. The molecular formula is C38H36Cl2F3N3O6. The van der Waals surface area contributed by atoms with Crippen LogP contribution in [0, 0.1) is 11.7 Å². The average Bonchev–Trinajstić information content (AvgIpc) is 3.14. The molecule has 3 aliphatic heterocycles. The van der Waals surface area contributed by atoms with Crippen LogP contribution in [0.25, 0.3) is 0 Å². The van der Waals surface area contributed by atoms with E-state index < -0.39 is 30.4 Å². The van der Waals surface area contributed by atoms with E-state index in [9.17, 15) is 18.4 Å². The molecule has 7 rings (SSSR count). The first-order chi connectivity index (χ1) is 25.1. The number of piperidine rings is 3. The maximum Gasteiger partial charge on any atom is 0.415 e. The predicted octanol–water partition coefficient (Wildman–Crippen LogP) is 8.56. The smallest absolute Gasteiger partial charge is 0.415 e. The van der Waals surface area contributed by atoms with E-state index in [2.05, 4.69) is 14.6 Å². The highest BCUT2D eigenvalue weighted by molar-refractivity contribution is 6.35. The summed E-state index contributed by atoms with van der Waals surface area (Å²) in [5.41, 5.74) is 1.90. The number of amides is 1. The topological polar surface area (TPSA) is 90.4 Å². The van der Waals surface area contributed by atoms with Crippen molar-refractivity contribution in [3.05, 3.63) is 117 Å². The number of carbonyl (C=O) groups is 2. The number of rotatable bonds is 13. The van der Waals surface area contributed by atoms with Crippen LogP contribution in [0.3, 0.4) is 0 Å². The summed E-state index contributed by atoms with van der Waals surface area (Å²) in [7, 11) is 1.32. The van der Waals surface area contributed by atoms with Crippen molar-refractivity contribution < 1.29 is 41.7 Å². The number of hydrogen-bond acceptors (Lipinski definition) is 8. The molecular weight excluding hydrogens is 722 g/mol. The minimum absolute atomic E-state index is 0.0541. The van der Waals surface area contributed by atoms with E-state index in [4.69, 9.17) is 37.4 Å². The third-order valence-corrected chi connectivity index (χ3v) is 10.1. The van der Waals surface area contributed by atoms with Crippen LogP contribution in [0.15, 0.2) is 79.1 Å². The molecule has 274 valence electrons. The number of hydrogen-bond donors (Lipinski definition) is 0. The summed E-state index contributed by atoms with van der Waals surface area (Å²) in [6.45, 7) is -0.705. The van der Waals surface area contributed by atoms with Gasteiger partial charge in [-0.3, -0.25) is 14.8 Å². The first kappa shape index (κ1) is 37.2. The number of benzene rings is 3. The summed E-state index contributed by atoms with van der Waals surface area (Å²) in [6, 6.07) is 16.9. The van der Waals surface area contributed by atoms with Gasteiger partial charge >= 0.3 is 18.7 Å². The molecule has 0 unspecified atom stereocenters. The zero-order chi connectivity index (χ0) is 36.8. The first-order valence-corrected chi connectivity index (χ1v) is 17.5. The highest BCUT2D eigenvalue weighted by atomic mass is 35.5. The van der Waals surface area contributed by atoms with Gasteiger partial charge in [0.2, 0.25) is 0 Å². The Morgan fingerprint density at radius 2 is 1.73 bits per heavy atom. The molecule has 0 aliphatic carbocycles. The molecule has 1 aromatic heterocycles. The molecule has 3 aromatic carbocycles. The molecule has 9 nitrogen and oxygen atoms in total. The minimum Gasteiger partial charge on any atom is -0.493 e. The van der Waals surface area contributed by atoms with Gasteiger partial charge in [-0.05, 0) is 91.4 Å². The number of halogens is 5. The van der Waals surface area contributed by atoms with Crippen molar-refractivity contribution >= 4 is 41.0 Å². The van der Waals surface area contributed by atoms with E-state index in [1.165, 1.54) is 54.7 Å². The lowest BCUT2D eigenvalue weighted by molar-refractivity contribution is -0.0512. The fourth-order valence-electron chi connectivity index (χ4n) is 6.68. The van der Waals surface area contributed by atoms with Crippen LogP contribution >= 0.6 is 23.2 Å². The Morgan fingerprint density at radius 3 is 2.40 bits per heavy atom. The van der Waals surface area contributed by atoms with Crippen LogP contribution in [0.4, 0.5) is 23.7 Å². The van der Waals surface area contributed by atoms with Crippen LogP contribution in [-0.2, 0) is 22.4 Å². The Hall–Kier alpha value is -4.52. The van der Waals surface area contributed by atoms with Crippen molar-refractivity contribution in [2.45, 2.75) is 44.4 Å². The fraction of sp³-hybridized carbons (Fsp3) is 0.342. The van der Waals surface area contributed by atoms with Gasteiger partial charge in [0.15, 0.2) is 11.5 Å². The monoisotopic (exact) mass is 757 g/mol. The van der Waals surface area contributed by atoms with Crippen molar-refractivity contribution in [1.82, 2.24) is 9.88 Å². The summed E-state index contributed by atoms with van der Waals surface area (Å²) in [5.74, 6) is -1.66. The molecule has 4 heterocycles. The molecule has 3 fully saturated rings. The van der Waals surface area contributed by atoms with Gasteiger partial charge in [-0.1, -0.05) is 53.5 Å². The largest absolute Gasteiger partial charge is 0.493 e. The Labute approximate surface area is 309 Å². The van der Waals surface area contributed by atoms with E-state index in [0.717, 1.165) is 25.9 Å². The molecule has 0 N–H and O–H groups in total. The van der Waals surface area contributed by atoms with Gasteiger partial charge in [0.1, 0.15) is 11.9 Å². The number of esters is 1. The van der Waals surface area contributed by atoms with E-state index >= 15 is 4.39 Å². The molecule has 2 atom stereocenters. The maximum absolute atomic E-state index is 15.1. The number of pyridine rings is 1. The molecule has 0 spiro atoms. The Kier molecular flexibility index (Phi) is 12.1. The van der Waals surface area contributed by atoms with Crippen molar-refractivity contribution in [3.8, 4) is 11.5 Å². The Balaban J connectivity index is 1.21. The summed E-state index contributed by atoms with van der Waals surface area (Å²) >= 11 is 12.8. The number of anilines is 1. The number of ether oxygens (including phenoxy) is 4. The van der Waals surface area contributed by atoms with E-state index in [0.29, 0.717) is 33.3 Å². The van der Waals surface area contributed by atoms with Crippen molar-refractivity contribution in [3.63, 3.8) is 0 Å². The fourth-order valence-corrected chi connectivity index (χ4v) is 7.20. The number of para-hydroxylation sites is 1. The number of fused-ring (bicyclic) bond motifs is 3. The molecule has 4 aromatic rings. The zero-order valence-corrected chi connectivity index (χ0v) is 29.7. The van der Waals surface area contributed by atoms with Gasteiger partial charge in [0, 0.05) is 24.9 Å². The third-order valence-electron chi connectivity index (χ3n) is 9.41. The summed E-state index contributed by atoms with van der Waals surface area (Å²) in [4.78, 5) is 34.7. The highest BCUT2D eigenvalue weighted by Crippen LogP contribution is 2.36. The normalized spacial score (nSPS) is 18.5. The lowest BCUT2D eigenvalue weighted by atomic mass is 9.86. The average molecular weight is 759 g/mol. The summed E-state index contributed by atoms with van der Waals surface area (Å²) in [6.07, 6.45) is 4.00. The van der Waals surface area contributed by atoms with Crippen molar-refractivity contribution in [2.75, 3.05) is 38.3 Å². The Morgan fingerprint density at radius 1 is 0.981 bits per heavy atom. The van der Waals surface area contributed by atoms with Crippen molar-refractivity contribution in [1.29, 1.82) is 0 Å². The van der Waals surface area contributed by atoms with Gasteiger partial charge in [-0.25, -0.2) is 14.0 Å². The summed E-state index contributed by atoms with van der Waals surface area (Å²) < 4.78 is 62.7. The molecule has 0 radical (unpaired) electrons. The second-order valence-corrected chi connectivity index (χ2v) is 13.5. The van der Waals surface area contributed by atoms with Crippen LogP contribution < -0.4 is 14.4 Å². The van der Waals surface area contributed by atoms with Crippen LogP contribution in [0.5, 0.6) is 11.5 Å². The predicted molar refractivity (Wildman–Crippen MR) is 189 cm³/mol. The number of aromatic nitrogens is 1. The molecule has 52 heavy (non-hydrogen) atoms. The lowest BCUT2D eigenvalue weighted by Gasteiger charge is -2.44. The van der Waals surface area contributed by atoms with Gasteiger partial charge in [0.25, 0.3) is 0 Å².